The number of hydrogen-bond donors (Lipinski definition) is 1. The van der Waals surface area contributed by atoms with Crippen LogP contribution in [-0.2, 0) is 0 Å². The molecule has 0 aliphatic rings. The zero-order chi connectivity index (χ0) is 11.3. The van der Waals surface area contributed by atoms with Crippen LogP contribution in [0.25, 0.3) is 0 Å². The molecule has 5 heteroatoms. The Morgan fingerprint density at radius 3 is 3.07 bits per heavy atom. The molecule has 1 heterocycles. The van der Waals surface area contributed by atoms with E-state index in [0.29, 0.717) is 22.5 Å². The van der Waals surface area contributed by atoms with Gasteiger partial charge in [-0.05, 0) is 18.4 Å². The second-order valence-electron chi connectivity index (χ2n) is 3.12. The van der Waals surface area contributed by atoms with Gasteiger partial charge in [-0.1, -0.05) is 18.5 Å². The normalized spacial score (nSPS) is 12.2. The summed E-state index contributed by atoms with van der Waals surface area (Å²) in [5.41, 5.74) is 0.357. The number of nitrogens with zero attached hydrogens (tertiary/aromatic N) is 1. The van der Waals surface area contributed by atoms with Crippen molar-refractivity contribution in [1.29, 1.82) is 0 Å². The molecular weight excluding hydrogens is 232 g/mol. The number of carbonyl (C=O) groups excluding carboxylic acids is 1. The maximum Gasteiger partial charge on any atom is 0.269 e. The maximum absolute atomic E-state index is 11.6. The summed E-state index contributed by atoms with van der Waals surface area (Å²) in [7, 11) is 0. The van der Waals surface area contributed by atoms with E-state index in [1.165, 1.54) is 6.20 Å². The lowest BCUT2D eigenvalue weighted by molar-refractivity contribution is 0.0949. The molecule has 0 aliphatic heterocycles. The molecule has 0 saturated carbocycles. The number of thioether (sulfide) groups is 1. The lowest BCUT2D eigenvalue weighted by Crippen LogP contribution is -2.29. The summed E-state index contributed by atoms with van der Waals surface area (Å²) in [6.45, 7) is 2.69. The van der Waals surface area contributed by atoms with Crippen molar-refractivity contribution >= 4 is 29.3 Å². The first kappa shape index (κ1) is 12.3. The van der Waals surface area contributed by atoms with Gasteiger partial charge in [0.05, 0.1) is 0 Å². The van der Waals surface area contributed by atoms with Gasteiger partial charge in [0.1, 0.15) is 5.69 Å². The van der Waals surface area contributed by atoms with Crippen molar-refractivity contribution in [2.75, 3.05) is 12.8 Å². The monoisotopic (exact) mass is 244 g/mol. The Bertz CT molecular complexity index is 346. The van der Waals surface area contributed by atoms with Crippen molar-refractivity contribution < 1.29 is 4.79 Å². The number of pyridine rings is 1. The van der Waals surface area contributed by atoms with Gasteiger partial charge < -0.3 is 5.32 Å². The molecular formula is C10H13ClN2OS. The van der Waals surface area contributed by atoms with Gasteiger partial charge in [-0.15, -0.1) is 0 Å². The molecule has 1 aromatic rings. The van der Waals surface area contributed by atoms with Crippen LogP contribution >= 0.6 is 23.4 Å². The predicted molar refractivity (Wildman–Crippen MR) is 64.6 cm³/mol. The highest BCUT2D eigenvalue weighted by Gasteiger charge is 2.08. The number of hydrogen-bond acceptors (Lipinski definition) is 3. The maximum atomic E-state index is 11.6. The molecule has 1 rings (SSSR count). The SMILES string of the molecule is CSC(C)CNC(=O)c1cc(Cl)ccn1. The first-order valence-corrected chi connectivity index (χ1v) is 6.22. The van der Waals surface area contributed by atoms with E-state index < -0.39 is 0 Å². The third kappa shape index (κ3) is 4.10. The van der Waals surface area contributed by atoms with Crippen LogP contribution in [0.2, 0.25) is 5.02 Å². The second kappa shape index (κ2) is 5.98. The lowest BCUT2D eigenvalue weighted by Gasteiger charge is -2.09. The zero-order valence-electron chi connectivity index (χ0n) is 8.66. The van der Waals surface area contributed by atoms with Gasteiger partial charge in [-0.3, -0.25) is 9.78 Å². The third-order valence-electron chi connectivity index (χ3n) is 1.91. The molecule has 0 spiro atoms. The van der Waals surface area contributed by atoms with Crippen molar-refractivity contribution in [2.24, 2.45) is 0 Å². The minimum atomic E-state index is -0.182. The first-order chi connectivity index (χ1) is 7.13. The smallest absolute Gasteiger partial charge is 0.269 e. The minimum Gasteiger partial charge on any atom is -0.350 e. The van der Waals surface area contributed by atoms with Crippen molar-refractivity contribution in [3.63, 3.8) is 0 Å². The minimum absolute atomic E-state index is 0.182. The van der Waals surface area contributed by atoms with E-state index in [0.717, 1.165) is 0 Å². The zero-order valence-corrected chi connectivity index (χ0v) is 10.2. The molecule has 82 valence electrons. The molecule has 0 radical (unpaired) electrons. The Morgan fingerprint density at radius 1 is 1.73 bits per heavy atom. The van der Waals surface area contributed by atoms with Crippen LogP contribution in [-0.4, -0.2) is 28.9 Å². The molecule has 1 aromatic heterocycles. The van der Waals surface area contributed by atoms with Crippen molar-refractivity contribution in [2.45, 2.75) is 12.2 Å². The topological polar surface area (TPSA) is 42.0 Å². The molecule has 1 amide bonds. The van der Waals surface area contributed by atoms with Crippen LogP contribution in [0, 0.1) is 0 Å². The summed E-state index contributed by atoms with van der Waals surface area (Å²) in [5, 5.41) is 3.71. The number of rotatable bonds is 4. The van der Waals surface area contributed by atoms with E-state index in [4.69, 9.17) is 11.6 Å². The first-order valence-electron chi connectivity index (χ1n) is 4.56. The fourth-order valence-electron chi connectivity index (χ4n) is 0.939. The highest BCUT2D eigenvalue weighted by atomic mass is 35.5. The molecule has 1 N–H and O–H groups in total. The Kier molecular flexibility index (Phi) is 4.91. The molecule has 0 fully saturated rings. The average Bonchev–Trinajstić information content (AvgIpc) is 2.25. The standard InChI is InChI=1S/C10H13ClN2OS/c1-7(15-2)6-13-10(14)9-5-8(11)3-4-12-9/h3-5,7H,6H2,1-2H3,(H,13,14). The Labute approximate surface area is 98.6 Å². The van der Waals surface area contributed by atoms with Crippen molar-refractivity contribution in [1.82, 2.24) is 10.3 Å². The van der Waals surface area contributed by atoms with Gasteiger partial charge in [0.25, 0.3) is 5.91 Å². The van der Waals surface area contributed by atoms with Crippen molar-refractivity contribution in [3.05, 3.63) is 29.0 Å². The number of carbonyl (C=O) groups is 1. The second-order valence-corrected chi connectivity index (χ2v) is 4.83. The molecule has 0 bridgehead atoms. The highest BCUT2D eigenvalue weighted by Crippen LogP contribution is 2.08. The Balaban J connectivity index is 2.54. The fourth-order valence-corrected chi connectivity index (χ4v) is 1.35. The van der Waals surface area contributed by atoms with Gasteiger partial charge in [-0.25, -0.2) is 0 Å². The van der Waals surface area contributed by atoms with E-state index in [1.807, 2.05) is 6.26 Å². The number of nitrogens with one attached hydrogen (secondary N) is 1. The van der Waals surface area contributed by atoms with Crippen LogP contribution < -0.4 is 5.32 Å². The summed E-state index contributed by atoms with van der Waals surface area (Å²) in [6, 6.07) is 3.20. The van der Waals surface area contributed by atoms with E-state index in [2.05, 4.69) is 17.2 Å². The highest BCUT2D eigenvalue weighted by molar-refractivity contribution is 7.99. The molecule has 15 heavy (non-hydrogen) atoms. The molecule has 0 aliphatic carbocycles. The molecule has 0 aromatic carbocycles. The van der Waals surface area contributed by atoms with Gasteiger partial charge in [-0.2, -0.15) is 11.8 Å². The third-order valence-corrected chi connectivity index (χ3v) is 3.11. The Morgan fingerprint density at radius 2 is 2.47 bits per heavy atom. The molecule has 1 unspecified atom stereocenters. The van der Waals surface area contributed by atoms with Crippen LogP contribution in [0.4, 0.5) is 0 Å². The van der Waals surface area contributed by atoms with Gasteiger partial charge in [0.2, 0.25) is 0 Å². The van der Waals surface area contributed by atoms with Crippen LogP contribution in [0.3, 0.4) is 0 Å². The van der Waals surface area contributed by atoms with Gasteiger partial charge in [0, 0.05) is 23.0 Å². The summed E-state index contributed by atoms with van der Waals surface area (Å²) in [6.07, 6.45) is 3.53. The summed E-state index contributed by atoms with van der Waals surface area (Å²) < 4.78 is 0. The summed E-state index contributed by atoms with van der Waals surface area (Å²) >= 11 is 7.46. The van der Waals surface area contributed by atoms with Crippen LogP contribution in [0.15, 0.2) is 18.3 Å². The van der Waals surface area contributed by atoms with Crippen molar-refractivity contribution in [3.8, 4) is 0 Å². The van der Waals surface area contributed by atoms with E-state index >= 15 is 0 Å². The number of amides is 1. The van der Waals surface area contributed by atoms with Gasteiger partial charge >= 0.3 is 0 Å². The van der Waals surface area contributed by atoms with E-state index in [-0.39, 0.29) is 5.91 Å². The fraction of sp³-hybridized carbons (Fsp3) is 0.400. The van der Waals surface area contributed by atoms with Gasteiger partial charge in [0.15, 0.2) is 0 Å². The summed E-state index contributed by atoms with van der Waals surface area (Å²) in [4.78, 5) is 15.5. The number of halogens is 1. The summed E-state index contributed by atoms with van der Waals surface area (Å²) in [5.74, 6) is -0.182. The molecule has 3 nitrogen and oxygen atoms in total. The average molecular weight is 245 g/mol. The predicted octanol–water partition coefficient (Wildman–Crippen LogP) is 2.22. The largest absolute Gasteiger partial charge is 0.350 e. The quantitative estimate of drug-likeness (QED) is 0.883. The Hall–Kier alpha value is -0.740. The number of aromatic nitrogens is 1. The van der Waals surface area contributed by atoms with E-state index in [1.54, 1.807) is 23.9 Å². The molecule has 0 saturated heterocycles. The van der Waals surface area contributed by atoms with Crippen LogP contribution in [0.1, 0.15) is 17.4 Å². The lowest BCUT2D eigenvalue weighted by atomic mass is 10.3. The van der Waals surface area contributed by atoms with E-state index in [9.17, 15) is 4.79 Å². The molecule has 1 atom stereocenters. The van der Waals surface area contributed by atoms with Crippen LogP contribution in [0.5, 0.6) is 0 Å².